The van der Waals surface area contributed by atoms with Crippen LogP contribution in [0.15, 0.2) is 47.4 Å². The van der Waals surface area contributed by atoms with Gasteiger partial charge >= 0.3 is 0 Å². The molecule has 0 aliphatic carbocycles. The van der Waals surface area contributed by atoms with Gasteiger partial charge in [-0.3, -0.25) is 9.59 Å². The molecule has 2 aromatic rings. The predicted molar refractivity (Wildman–Crippen MR) is 144 cm³/mol. The molecule has 1 atom stereocenters. The first-order chi connectivity index (χ1) is 18.2. The number of carbonyl (C=O) groups is 2. The number of ether oxygens (including phenoxy) is 2. The molecule has 10 heteroatoms. The summed E-state index contributed by atoms with van der Waals surface area (Å²) in [5.41, 5.74) is 2.01. The van der Waals surface area contributed by atoms with Crippen molar-refractivity contribution in [3.05, 3.63) is 53.6 Å². The molecule has 2 aliphatic rings. The summed E-state index contributed by atoms with van der Waals surface area (Å²) in [5, 5.41) is 2.98. The molecule has 0 radical (unpaired) electrons. The maximum atomic E-state index is 13.4. The minimum atomic E-state index is -3.58. The Balaban J connectivity index is 1.29. The number of hydrogen-bond donors (Lipinski definition) is 1. The van der Waals surface area contributed by atoms with E-state index in [9.17, 15) is 18.0 Å². The summed E-state index contributed by atoms with van der Waals surface area (Å²) in [6.07, 6.45) is 2.94. The number of amides is 2. The summed E-state index contributed by atoms with van der Waals surface area (Å²) in [7, 11) is -0.412. The van der Waals surface area contributed by atoms with Crippen molar-refractivity contribution in [3.8, 4) is 11.5 Å². The van der Waals surface area contributed by atoms with Crippen molar-refractivity contribution in [3.63, 3.8) is 0 Å². The highest BCUT2D eigenvalue weighted by Crippen LogP contribution is 2.29. The number of sulfonamides is 1. The number of methoxy groups -OCH3 is 2. The summed E-state index contributed by atoms with van der Waals surface area (Å²) in [6, 6.07) is 12.0. The Morgan fingerprint density at radius 3 is 2.29 bits per heavy atom. The second-order valence-corrected chi connectivity index (χ2v) is 11.8. The van der Waals surface area contributed by atoms with Crippen LogP contribution in [0.5, 0.6) is 11.5 Å². The highest BCUT2D eigenvalue weighted by atomic mass is 32.2. The third kappa shape index (κ3) is 6.13. The van der Waals surface area contributed by atoms with Crippen LogP contribution in [0.3, 0.4) is 0 Å². The highest BCUT2D eigenvalue weighted by molar-refractivity contribution is 7.89. The minimum absolute atomic E-state index is 0.0464. The van der Waals surface area contributed by atoms with Crippen LogP contribution in [0.25, 0.3) is 0 Å². The largest absolute Gasteiger partial charge is 0.493 e. The number of likely N-dealkylation sites (tertiary alicyclic amines) is 1. The summed E-state index contributed by atoms with van der Waals surface area (Å²) in [4.78, 5) is 28.3. The van der Waals surface area contributed by atoms with E-state index < -0.39 is 16.1 Å². The van der Waals surface area contributed by atoms with Gasteiger partial charge in [0.1, 0.15) is 6.04 Å². The molecule has 2 aliphatic heterocycles. The van der Waals surface area contributed by atoms with E-state index in [1.807, 2.05) is 25.1 Å². The van der Waals surface area contributed by atoms with Crippen molar-refractivity contribution < 1.29 is 27.5 Å². The third-order valence-electron chi connectivity index (χ3n) is 7.46. The second-order valence-electron chi connectivity index (χ2n) is 9.91. The second kappa shape index (κ2) is 12.2. The first-order valence-corrected chi connectivity index (χ1v) is 14.5. The molecule has 1 N–H and O–H groups in total. The fraction of sp³-hybridized carbons (Fsp3) is 0.500. The number of aryl methyl sites for hydroxylation is 1. The Hall–Kier alpha value is -3.11. The monoisotopic (exact) mass is 543 g/mol. The SMILES string of the molecule is COc1ccc(CCNC(=O)[C@@H]2CCCN2C(=O)C2CCN(S(=O)(=O)c3ccc(C)cc3)CC2)cc1OC. The Morgan fingerprint density at radius 1 is 0.947 bits per heavy atom. The number of rotatable bonds is 9. The average molecular weight is 544 g/mol. The lowest BCUT2D eigenvalue weighted by Crippen LogP contribution is -2.50. The summed E-state index contributed by atoms with van der Waals surface area (Å²) >= 11 is 0. The lowest BCUT2D eigenvalue weighted by Gasteiger charge is -2.34. The predicted octanol–water partition coefficient (Wildman–Crippen LogP) is 2.76. The molecule has 38 heavy (non-hydrogen) atoms. The van der Waals surface area contributed by atoms with Crippen molar-refractivity contribution in [1.82, 2.24) is 14.5 Å². The van der Waals surface area contributed by atoms with E-state index in [-0.39, 0.29) is 22.6 Å². The van der Waals surface area contributed by atoms with E-state index in [0.717, 1.165) is 17.5 Å². The lowest BCUT2D eigenvalue weighted by atomic mass is 9.96. The standard InChI is InChI=1S/C28H37N3O6S/c1-20-6-9-23(10-7-20)38(34,35)30-17-13-22(14-18-30)28(33)31-16-4-5-24(31)27(32)29-15-12-21-8-11-25(36-2)26(19-21)37-3/h6-11,19,22,24H,4-5,12-18H2,1-3H3,(H,29,32)/t24-/m0/s1. The Bertz CT molecular complexity index is 1240. The molecule has 2 fully saturated rings. The van der Waals surface area contributed by atoms with Crippen LogP contribution < -0.4 is 14.8 Å². The zero-order valence-electron chi connectivity index (χ0n) is 22.3. The normalized spacial score (nSPS) is 18.8. The fourth-order valence-corrected chi connectivity index (χ4v) is 6.69. The van der Waals surface area contributed by atoms with E-state index in [4.69, 9.17) is 9.47 Å². The molecule has 0 unspecified atom stereocenters. The average Bonchev–Trinajstić information content (AvgIpc) is 3.43. The van der Waals surface area contributed by atoms with Crippen molar-refractivity contribution in [1.29, 1.82) is 0 Å². The van der Waals surface area contributed by atoms with Crippen LogP contribution in [0.1, 0.15) is 36.8 Å². The number of carbonyl (C=O) groups excluding carboxylic acids is 2. The van der Waals surface area contributed by atoms with Gasteiger partial charge in [-0.2, -0.15) is 4.31 Å². The van der Waals surface area contributed by atoms with Gasteiger partial charge in [-0.15, -0.1) is 0 Å². The van der Waals surface area contributed by atoms with E-state index in [1.165, 1.54) is 4.31 Å². The van der Waals surface area contributed by atoms with Crippen molar-refractivity contribution in [2.24, 2.45) is 5.92 Å². The summed E-state index contributed by atoms with van der Waals surface area (Å²) in [6.45, 7) is 3.50. The fourth-order valence-electron chi connectivity index (χ4n) is 5.22. The zero-order valence-corrected chi connectivity index (χ0v) is 23.1. The smallest absolute Gasteiger partial charge is 0.243 e. The van der Waals surface area contributed by atoms with Gasteiger partial charge in [-0.1, -0.05) is 23.8 Å². The minimum Gasteiger partial charge on any atom is -0.493 e. The Morgan fingerprint density at radius 2 is 1.63 bits per heavy atom. The Labute approximate surface area is 225 Å². The van der Waals surface area contributed by atoms with Crippen molar-refractivity contribution in [2.45, 2.75) is 50.0 Å². The number of piperidine rings is 1. The van der Waals surface area contributed by atoms with Gasteiger partial charge < -0.3 is 19.7 Å². The van der Waals surface area contributed by atoms with Gasteiger partial charge in [-0.05, 0) is 68.9 Å². The van der Waals surface area contributed by atoms with Crippen LogP contribution in [-0.4, -0.2) is 75.9 Å². The third-order valence-corrected chi connectivity index (χ3v) is 9.37. The van der Waals surface area contributed by atoms with E-state index >= 15 is 0 Å². The molecular weight excluding hydrogens is 506 g/mol. The van der Waals surface area contributed by atoms with Gasteiger partial charge in [0.25, 0.3) is 0 Å². The van der Waals surface area contributed by atoms with Crippen LogP contribution in [0, 0.1) is 12.8 Å². The first-order valence-electron chi connectivity index (χ1n) is 13.1. The van der Waals surface area contributed by atoms with Gasteiger partial charge in [0, 0.05) is 32.1 Å². The molecular formula is C28H37N3O6S. The van der Waals surface area contributed by atoms with E-state index in [1.54, 1.807) is 43.4 Å². The molecule has 0 saturated carbocycles. The van der Waals surface area contributed by atoms with Crippen LogP contribution in [-0.2, 0) is 26.0 Å². The highest BCUT2D eigenvalue weighted by Gasteiger charge is 2.39. The molecule has 2 amide bonds. The van der Waals surface area contributed by atoms with Gasteiger partial charge in [0.15, 0.2) is 11.5 Å². The number of nitrogens with one attached hydrogen (secondary N) is 1. The number of hydrogen-bond acceptors (Lipinski definition) is 6. The molecule has 0 bridgehead atoms. The Kier molecular flexibility index (Phi) is 8.94. The molecule has 2 saturated heterocycles. The van der Waals surface area contributed by atoms with Gasteiger partial charge in [-0.25, -0.2) is 8.42 Å². The van der Waals surface area contributed by atoms with E-state index in [0.29, 0.717) is 63.4 Å². The van der Waals surface area contributed by atoms with Crippen LogP contribution in [0.4, 0.5) is 0 Å². The maximum absolute atomic E-state index is 13.4. The van der Waals surface area contributed by atoms with Crippen molar-refractivity contribution in [2.75, 3.05) is 40.4 Å². The summed E-state index contributed by atoms with van der Waals surface area (Å²) in [5.74, 6) is 0.825. The maximum Gasteiger partial charge on any atom is 0.243 e. The summed E-state index contributed by atoms with van der Waals surface area (Å²) < 4.78 is 38.1. The zero-order chi connectivity index (χ0) is 27.3. The molecule has 2 aromatic carbocycles. The molecule has 206 valence electrons. The van der Waals surface area contributed by atoms with E-state index in [2.05, 4.69) is 5.32 Å². The van der Waals surface area contributed by atoms with Gasteiger partial charge in [0.05, 0.1) is 19.1 Å². The molecule has 4 rings (SSSR count). The van der Waals surface area contributed by atoms with Crippen LogP contribution >= 0.6 is 0 Å². The number of nitrogens with zero attached hydrogens (tertiary/aromatic N) is 2. The lowest BCUT2D eigenvalue weighted by molar-refractivity contribution is -0.142. The van der Waals surface area contributed by atoms with Gasteiger partial charge in [0.2, 0.25) is 21.8 Å². The quantitative estimate of drug-likeness (QED) is 0.522. The number of benzene rings is 2. The first kappa shape index (κ1) is 27.9. The molecule has 9 nitrogen and oxygen atoms in total. The van der Waals surface area contributed by atoms with Crippen molar-refractivity contribution >= 4 is 21.8 Å². The molecule has 0 aromatic heterocycles. The molecule has 0 spiro atoms. The van der Waals surface area contributed by atoms with Crippen LogP contribution in [0.2, 0.25) is 0 Å². The molecule has 2 heterocycles. The topological polar surface area (TPSA) is 105 Å².